The van der Waals surface area contributed by atoms with Gasteiger partial charge in [0, 0.05) is 0 Å². The summed E-state index contributed by atoms with van der Waals surface area (Å²) in [6.45, 7) is 1.72. The van der Waals surface area contributed by atoms with Crippen LogP contribution in [0.4, 0.5) is 0 Å². The molecule has 1 aromatic rings. The highest BCUT2D eigenvalue weighted by Crippen LogP contribution is 2.13. The average Bonchev–Trinajstić information content (AvgIpc) is 2.18. The molecule has 11 heavy (non-hydrogen) atoms. The van der Waals surface area contributed by atoms with E-state index in [1.54, 1.807) is 13.1 Å². The minimum Gasteiger partial charge on any atom is -0.480 e. The molecule has 1 heterocycles. The number of hydrogen-bond acceptors (Lipinski definition) is 2. The van der Waals surface area contributed by atoms with Gasteiger partial charge in [-0.05, 0) is 22.9 Å². The highest BCUT2D eigenvalue weighted by atomic mass is 79.9. The number of aromatic nitrogens is 2. The van der Waals surface area contributed by atoms with Gasteiger partial charge < -0.3 is 5.11 Å². The molecule has 0 radical (unpaired) electrons. The molecule has 0 fully saturated rings. The third-order valence-electron chi connectivity index (χ3n) is 1.33. The van der Waals surface area contributed by atoms with Crippen LogP contribution in [-0.4, -0.2) is 20.9 Å². The maximum absolute atomic E-state index is 10.3. The number of nitrogens with zero attached hydrogens (tertiary/aromatic N) is 2. The van der Waals surface area contributed by atoms with Crippen molar-refractivity contribution < 1.29 is 9.90 Å². The minimum atomic E-state index is -0.885. The highest BCUT2D eigenvalue weighted by Gasteiger charge is 2.05. The Morgan fingerprint density at radius 1 is 1.91 bits per heavy atom. The Morgan fingerprint density at radius 3 is 2.91 bits per heavy atom. The summed E-state index contributed by atoms with van der Waals surface area (Å²) >= 11 is 3.23. The molecule has 0 spiro atoms. The first-order valence-corrected chi connectivity index (χ1v) is 3.80. The Bertz CT molecular complexity index is 282. The first kappa shape index (κ1) is 8.26. The summed E-state index contributed by atoms with van der Waals surface area (Å²) in [4.78, 5) is 10.3. The van der Waals surface area contributed by atoms with Gasteiger partial charge in [-0.25, -0.2) is 0 Å². The normalized spacial score (nSPS) is 10.0. The fraction of sp³-hybridized carbons (Fsp3) is 0.333. The summed E-state index contributed by atoms with van der Waals surface area (Å²) in [5, 5.41) is 12.3. The highest BCUT2D eigenvalue weighted by molar-refractivity contribution is 9.10. The van der Waals surface area contributed by atoms with Gasteiger partial charge in [-0.1, -0.05) is 0 Å². The van der Waals surface area contributed by atoms with Crippen LogP contribution in [0, 0.1) is 6.92 Å². The smallest absolute Gasteiger partial charge is 0.325 e. The van der Waals surface area contributed by atoms with E-state index in [4.69, 9.17) is 5.11 Å². The molecule has 4 nitrogen and oxygen atoms in total. The van der Waals surface area contributed by atoms with Crippen molar-refractivity contribution in [2.45, 2.75) is 13.5 Å². The molecule has 0 aliphatic carbocycles. The number of carboxylic acid groups (broad SMARTS) is 1. The van der Waals surface area contributed by atoms with Crippen molar-refractivity contribution in [3.63, 3.8) is 0 Å². The number of carbonyl (C=O) groups is 1. The summed E-state index contributed by atoms with van der Waals surface area (Å²) in [7, 11) is 0. The number of carboxylic acids is 1. The number of halogens is 1. The molecule has 0 bridgehead atoms. The second-order valence-electron chi connectivity index (χ2n) is 2.13. The number of rotatable bonds is 2. The van der Waals surface area contributed by atoms with E-state index in [-0.39, 0.29) is 6.54 Å². The van der Waals surface area contributed by atoms with Crippen molar-refractivity contribution in [3.05, 3.63) is 16.4 Å². The summed E-state index contributed by atoms with van der Waals surface area (Å²) in [5.41, 5.74) is 0.826. The third kappa shape index (κ3) is 1.80. The molecule has 0 saturated heterocycles. The monoisotopic (exact) mass is 218 g/mol. The van der Waals surface area contributed by atoms with Gasteiger partial charge in [-0.2, -0.15) is 5.10 Å². The van der Waals surface area contributed by atoms with Crippen molar-refractivity contribution in [2.75, 3.05) is 0 Å². The van der Waals surface area contributed by atoms with Crippen LogP contribution in [0.1, 0.15) is 5.69 Å². The minimum absolute atomic E-state index is 0.0859. The predicted octanol–water partition coefficient (Wildman–Crippen LogP) is 1.04. The van der Waals surface area contributed by atoms with E-state index in [0.29, 0.717) is 0 Å². The van der Waals surface area contributed by atoms with Crippen LogP contribution in [0.15, 0.2) is 10.7 Å². The van der Waals surface area contributed by atoms with Crippen molar-refractivity contribution >= 4 is 21.9 Å². The van der Waals surface area contributed by atoms with E-state index >= 15 is 0 Å². The van der Waals surface area contributed by atoms with Gasteiger partial charge in [0.25, 0.3) is 0 Å². The summed E-state index contributed by atoms with van der Waals surface area (Å²) in [6, 6.07) is 0. The van der Waals surface area contributed by atoms with E-state index in [2.05, 4.69) is 21.0 Å². The standard InChI is InChI=1S/C6H7BrN2O2/c1-4-5(7)2-8-9(4)3-6(10)11/h2H,3H2,1H3,(H,10,11). The number of aliphatic carboxylic acids is 1. The molecule has 5 heteroatoms. The molecular weight excluding hydrogens is 212 g/mol. The fourth-order valence-corrected chi connectivity index (χ4v) is 1.01. The molecule has 0 atom stereocenters. The van der Waals surface area contributed by atoms with Gasteiger partial charge in [-0.3, -0.25) is 9.48 Å². The molecule has 0 unspecified atom stereocenters. The summed E-state index contributed by atoms with van der Waals surface area (Å²) < 4.78 is 2.26. The van der Waals surface area contributed by atoms with Crippen LogP contribution in [0.25, 0.3) is 0 Å². The fourth-order valence-electron chi connectivity index (χ4n) is 0.711. The molecule has 0 saturated carbocycles. The Kier molecular flexibility index (Phi) is 2.28. The first-order chi connectivity index (χ1) is 5.11. The van der Waals surface area contributed by atoms with Gasteiger partial charge in [-0.15, -0.1) is 0 Å². The Labute approximate surface area is 72.0 Å². The van der Waals surface area contributed by atoms with E-state index in [1.165, 1.54) is 4.68 Å². The van der Waals surface area contributed by atoms with Gasteiger partial charge in [0.1, 0.15) is 6.54 Å². The zero-order valence-electron chi connectivity index (χ0n) is 5.91. The molecule has 0 amide bonds. The van der Waals surface area contributed by atoms with Gasteiger partial charge in [0.2, 0.25) is 0 Å². The lowest BCUT2D eigenvalue weighted by atomic mass is 10.5. The molecule has 60 valence electrons. The Balaban J connectivity index is 2.87. The van der Waals surface area contributed by atoms with Gasteiger partial charge >= 0.3 is 5.97 Å². The zero-order valence-corrected chi connectivity index (χ0v) is 7.50. The van der Waals surface area contributed by atoms with Crippen LogP contribution in [-0.2, 0) is 11.3 Å². The summed E-state index contributed by atoms with van der Waals surface area (Å²) in [5.74, 6) is -0.885. The van der Waals surface area contributed by atoms with Crippen LogP contribution in [0.2, 0.25) is 0 Å². The molecule has 0 aliphatic rings. The second kappa shape index (κ2) is 3.04. The van der Waals surface area contributed by atoms with Gasteiger partial charge in [0.05, 0.1) is 16.4 Å². The predicted molar refractivity (Wildman–Crippen MR) is 42.3 cm³/mol. The maximum atomic E-state index is 10.3. The van der Waals surface area contributed by atoms with Crippen LogP contribution >= 0.6 is 15.9 Å². The zero-order chi connectivity index (χ0) is 8.43. The van der Waals surface area contributed by atoms with Crippen LogP contribution < -0.4 is 0 Å². The second-order valence-corrected chi connectivity index (χ2v) is 2.98. The maximum Gasteiger partial charge on any atom is 0.325 e. The lowest BCUT2D eigenvalue weighted by Gasteiger charge is -1.98. The molecule has 0 aliphatic heterocycles. The third-order valence-corrected chi connectivity index (χ3v) is 2.11. The Hall–Kier alpha value is -0.840. The van der Waals surface area contributed by atoms with Gasteiger partial charge in [0.15, 0.2) is 0 Å². The van der Waals surface area contributed by atoms with Crippen molar-refractivity contribution in [1.82, 2.24) is 9.78 Å². The lowest BCUT2D eigenvalue weighted by molar-refractivity contribution is -0.137. The van der Waals surface area contributed by atoms with Crippen LogP contribution in [0.5, 0.6) is 0 Å². The van der Waals surface area contributed by atoms with Crippen molar-refractivity contribution in [2.24, 2.45) is 0 Å². The quantitative estimate of drug-likeness (QED) is 0.808. The molecule has 1 N–H and O–H groups in total. The molecule has 1 rings (SSSR count). The average molecular weight is 219 g/mol. The largest absolute Gasteiger partial charge is 0.480 e. The molecule has 0 aromatic carbocycles. The van der Waals surface area contributed by atoms with E-state index in [0.717, 1.165) is 10.2 Å². The SMILES string of the molecule is Cc1c(Br)cnn1CC(=O)O. The van der Waals surface area contributed by atoms with Crippen LogP contribution in [0.3, 0.4) is 0 Å². The van der Waals surface area contributed by atoms with Crippen molar-refractivity contribution in [1.29, 1.82) is 0 Å². The summed E-state index contributed by atoms with van der Waals surface area (Å²) in [6.07, 6.45) is 1.58. The molecular formula is C6H7BrN2O2. The van der Waals surface area contributed by atoms with E-state index in [1.807, 2.05) is 0 Å². The first-order valence-electron chi connectivity index (χ1n) is 3.01. The lowest BCUT2D eigenvalue weighted by Crippen LogP contribution is -2.11. The van der Waals surface area contributed by atoms with E-state index in [9.17, 15) is 4.79 Å². The molecule has 1 aromatic heterocycles. The number of hydrogen-bond donors (Lipinski definition) is 1. The van der Waals surface area contributed by atoms with Crippen molar-refractivity contribution in [3.8, 4) is 0 Å². The topological polar surface area (TPSA) is 55.1 Å². The Morgan fingerprint density at radius 2 is 2.55 bits per heavy atom. The van der Waals surface area contributed by atoms with E-state index < -0.39 is 5.97 Å².